The lowest BCUT2D eigenvalue weighted by Gasteiger charge is -2.17. The first-order chi connectivity index (χ1) is 10.2. The summed E-state index contributed by atoms with van der Waals surface area (Å²) >= 11 is 0. The first-order valence-electron chi connectivity index (χ1n) is 7.25. The Morgan fingerprint density at radius 1 is 1.14 bits per heavy atom. The molecule has 4 nitrogen and oxygen atoms in total. The molecule has 1 aromatic carbocycles. The number of hydrogen-bond donors (Lipinski definition) is 1. The molecular weight excluding hydrogens is 264 g/mol. The van der Waals surface area contributed by atoms with E-state index in [1.807, 2.05) is 55.5 Å². The third-order valence-corrected chi connectivity index (χ3v) is 3.67. The van der Waals surface area contributed by atoms with Crippen LogP contribution in [0.3, 0.4) is 0 Å². The largest absolute Gasteiger partial charge is 0.486 e. The van der Waals surface area contributed by atoms with E-state index < -0.39 is 6.10 Å². The van der Waals surface area contributed by atoms with Gasteiger partial charge in [-0.2, -0.15) is 0 Å². The lowest BCUT2D eigenvalue weighted by molar-refractivity contribution is 0.0737. The average molecular weight is 284 g/mol. The van der Waals surface area contributed by atoms with Crippen LogP contribution in [0.25, 0.3) is 0 Å². The molecule has 1 N–H and O–H groups in total. The highest BCUT2D eigenvalue weighted by Crippen LogP contribution is 2.19. The summed E-state index contributed by atoms with van der Waals surface area (Å²) in [6.07, 6.45) is -0.646. The van der Waals surface area contributed by atoms with E-state index in [4.69, 9.17) is 4.74 Å². The smallest absolute Gasteiger partial charge is 0.138 e. The van der Waals surface area contributed by atoms with E-state index in [0.29, 0.717) is 13.1 Å². The average Bonchev–Trinajstić information content (AvgIpc) is 2.80. The fraction of sp³-hybridized carbons (Fsp3) is 0.353. The van der Waals surface area contributed by atoms with E-state index in [9.17, 15) is 5.11 Å². The van der Waals surface area contributed by atoms with Crippen LogP contribution in [-0.4, -0.2) is 40.3 Å². The minimum Gasteiger partial charge on any atom is -0.486 e. The number of nitrogens with zero attached hydrogens (tertiary/aromatic N) is 2. The Bertz CT molecular complexity index is 588. The van der Waals surface area contributed by atoms with Crippen LogP contribution in [0.5, 0.6) is 5.75 Å². The van der Waals surface area contributed by atoms with Gasteiger partial charge >= 0.3 is 0 Å². The third kappa shape index (κ3) is 3.60. The number of β-amino-alcohol motifs (C(OH)–C–C–N with tert-alkyl or cyclic N) is 1. The number of benzene rings is 1. The highest BCUT2D eigenvalue weighted by atomic mass is 16.5. The van der Waals surface area contributed by atoms with Gasteiger partial charge in [0.15, 0.2) is 0 Å². The van der Waals surface area contributed by atoms with Crippen molar-refractivity contribution in [3.63, 3.8) is 0 Å². The van der Waals surface area contributed by atoms with Gasteiger partial charge in [-0.3, -0.25) is 9.88 Å². The first-order valence-corrected chi connectivity index (χ1v) is 7.25. The van der Waals surface area contributed by atoms with Gasteiger partial charge in [-0.1, -0.05) is 24.3 Å². The molecule has 0 saturated carbocycles. The number of aliphatic hydroxyl groups excluding tert-OH is 1. The molecule has 4 heteroatoms. The zero-order valence-electron chi connectivity index (χ0n) is 12.1. The van der Waals surface area contributed by atoms with Crippen LogP contribution in [0.4, 0.5) is 0 Å². The molecule has 3 rings (SSSR count). The van der Waals surface area contributed by atoms with Crippen LogP contribution in [0.2, 0.25) is 0 Å². The lowest BCUT2D eigenvalue weighted by atomic mass is 10.2. The summed E-state index contributed by atoms with van der Waals surface area (Å²) in [6, 6.07) is 15.7. The summed E-state index contributed by atoms with van der Waals surface area (Å²) in [4.78, 5) is 6.69. The normalized spacial score (nSPS) is 22.4. The van der Waals surface area contributed by atoms with Gasteiger partial charge in [0.2, 0.25) is 0 Å². The highest BCUT2D eigenvalue weighted by Gasteiger charge is 2.33. The number of aromatic nitrogens is 1. The lowest BCUT2D eigenvalue weighted by Crippen LogP contribution is -2.29. The summed E-state index contributed by atoms with van der Waals surface area (Å²) in [5.41, 5.74) is 2.05. The van der Waals surface area contributed by atoms with Gasteiger partial charge in [-0.25, -0.2) is 0 Å². The van der Waals surface area contributed by atoms with Gasteiger partial charge in [0.05, 0.1) is 5.69 Å². The van der Waals surface area contributed by atoms with Crippen molar-refractivity contribution in [3.05, 3.63) is 59.9 Å². The molecule has 21 heavy (non-hydrogen) atoms. The topological polar surface area (TPSA) is 45.6 Å². The minimum atomic E-state index is -0.463. The van der Waals surface area contributed by atoms with Gasteiger partial charge in [-0.05, 0) is 31.2 Å². The Labute approximate surface area is 125 Å². The number of aliphatic hydroxyl groups is 1. The van der Waals surface area contributed by atoms with Crippen molar-refractivity contribution in [2.24, 2.45) is 0 Å². The maximum Gasteiger partial charge on any atom is 0.138 e. The van der Waals surface area contributed by atoms with Crippen LogP contribution in [-0.2, 0) is 6.54 Å². The standard InChI is InChI=1S/C17H20N2O2/c1-13-6-5-7-14(18-13)10-19-11-16(20)17(12-19)21-15-8-3-2-4-9-15/h2-9,16-17,20H,10-12H2,1H3/t16-,17-/m1/s1. The van der Waals surface area contributed by atoms with Gasteiger partial charge in [0.1, 0.15) is 18.0 Å². The van der Waals surface area contributed by atoms with E-state index in [2.05, 4.69) is 9.88 Å². The van der Waals surface area contributed by atoms with Crippen molar-refractivity contribution in [2.45, 2.75) is 25.7 Å². The predicted molar refractivity (Wildman–Crippen MR) is 81.1 cm³/mol. The van der Waals surface area contributed by atoms with Gasteiger partial charge in [0.25, 0.3) is 0 Å². The Morgan fingerprint density at radius 2 is 1.95 bits per heavy atom. The molecule has 0 aliphatic carbocycles. The summed E-state index contributed by atoms with van der Waals surface area (Å²) in [7, 11) is 0. The van der Waals surface area contributed by atoms with Gasteiger partial charge in [-0.15, -0.1) is 0 Å². The van der Waals surface area contributed by atoms with E-state index in [0.717, 1.165) is 23.7 Å². The van der Waals surface area contributed by atoms with Gasteiger partial charge < -0.3 is 9.84 Å². The van der Waals surface area contributed by atoms with Crippen molar-refractivity contribution < 1.29 is 9.84 Å². The van der Waals surface area contributed by atoms with E-state index in [1.54, 1.807) is 0 Å². The minimum absolute atomic E-state index is 0.183. The van der Waals surface area contributed by atoms with Crippen LogP contribution < -0.4 is 4.74 Å². The molecule has 0 radical (unpaired) electrons. The van der Waals surface area contributed by atoms with E-state index in [1.165, 1.54) is 0 Å². The molecule has 1 saturated heterocycles. The zero-order valence-corrected chi connectivity index (χ0v) is 12.1. The monoisotopic (exact) mass is 284 g/mol. The second-order valence-corrected chi connectivity index (χ2v) is 5.50. The predicted octanol–water partition coefficient (Wildman–Crippen LogP) is 2.01. The summed E-state index contributed by atoms with van der Waals surface area (Å²) in [5.74, 6) is 0.803. The first kappa shape index (κ1) is 14.0. The van der Waals surface area contributed by atoms with Crippen molar-refractivity contribution in [2.75, 3.05) is 13.1 Å². The number of pyridine rings is 1. The fourth-order valence-electron chi connectivity index (χ4n) is 2.67. The summed E-state index contributed by atoms with van der Waals surface area (Å²) in [5, 5.41) is 10.2. The zero-order chi connectivity index (χ0) is 14.7. The Balaban J connectivity index is 1.61. The number of ether oxygens (including phenoxy) is 1. The van der Waals surface area contributed by atoms with Crippen molar-refractivity contribution in [3.8, 4) is 5.75 Å². The maximum atomic E-state index is 10.2. The van der Waals surface area contributed by atoms with Crippen LogP contribution in [0.1, 0.15) is 11.4 Å². The number of rotatable bonds is 4. The molecule has 2 heterocycles. The molecule has 0 bridgehead atoms. The van der Waals surface area contributed by atoms with Crippen LogP contribution in [0.15, 0.2) is 48.5 Å². The molecular formula is C17H20N2O2. The molecule has 110 valence electrons. The second-order valence-electron chi connectivity index (χ2n) is 5.50. The van der Waals surface area contributed by atoms with Gasteiger partial charge in [0, 0.05) is 25.3 Å². The molecule has 0 unspecified atom stereocenters. The van der Waals surface area contributed by atoms with Crippen molar-refractivity contribution in [1.82, 2.24) is 9.88 Å². The molecule has 2 aromatic rings. The molecule has 1 aromatic heterocycles. The molecule has 2 atom stereocenters. The Morgan fingerprint density at radius 3 is 2.71 bits per heavy atom. The number of likely N-dealkylation sites (tertiary alicyclic amines) is 1. The molecule has 1 fully saturated rings. The van der Waals surface area contributed by atoms with Crippen LogP contribution in [0, 0.1) is 6.92 Å². The fourth-order valence-corrected chi connectivity index (χ4v) is 2.67. The number of aryl methyl sites for hydroxylation is 1. The van der Waals surface area contributed by atoms with E-state index in [-0.39, 0.29) is 6.10 Å². The number of hydrogen-bond acceptors (Lipinski definition) is 4. The SMILES string of the molecule is Cc1cccc(CN2C[C@@H](O)[C@H](Oc3ccccc3)C2)n1. The Kier molecular flexibility index (Phi) is 4.18. The van der Waals surface area contributed by atoms with Crippen molar-refractivity contribution in [1.29, 1.82) is 0 Å². The quantitative estimate of drug-likeness (QED) is 0.933. The molecule has 0 spiro atoms. The molecule has 1 aliphatic rings. The number of para-hydroxylation sites is 1. The third-order valence-electron chi connectivity index (χ3n) is 3.67. The second kappa shape index (κ2) is 6.24. The summed E-state index contributed by atoms with van der Waals surface area (Å²) < 4.78 is 5.87. The molecule has 0 amide bonds. The van der Waals surface area contributed by atoms with E-state index >= 15 is 0 Å². The highest BCUT2D eigenvalue weighted by molar-refractivity contribution is 5.21. The van der Waals surface area contributed by atoms with Crippen LogP contribution >= 0.6 is 0 Å². The Hall–Kier alpha value is -1.91. The van der Waals surface area contributed by atoms with Crippen molar-refractivity contribution >= 4 is 0 Å². The molecule has 1 aliphatic heterocycles. The maximum absolute atomic E-state index is 10.2. The summed E-state index contributed by atoms with van der Waals surface area (Å²) in [6.45, 7) is 4.07.